The Morgan fingerprint density at radius 1 is 0.360 bits per heavy atom. The van der Waals surface area contributed by atoms with Crippen LogP contribution in [0, 0.1) is 5.92 Å². The molecule has 5 aliphatic rings. The maximum atomic E-state index is 13.7. The van der Waals surface area contributed by atoms with Crippen LogP contribution in [0.25, 0.3) is 12.2 Å². The van der Waals surface area contributed by atoms with E-state index < -0.39 is 46.4 Å². The van der Waals surface area contributed by atoms with Gasteiger partial charge < -0.3 is 79.8 Å². The Balaban J connectivity index is 0.000000140. The topological polar surface area (TPSA) is 421 Å². The second-order valence-corrected chi connectivity index (χ2v) is 38.9. The molecule has 0 spiro atoms. The van der Waals surface area contributed by atoms with Crippen molar-refractivity contribution in [2.45, 2.75) is 62.8 Å². The number of rotatable bonds is 23. The van der Waals surface area contributed by atoms with Crippen molar-refractivity contribution in [2.24, 2.45) is 5.92 Å². The van der Waals surface area contributed by atoms with Crippen molar-refractivity contribution in [3.8, 4) is 0 Å². The predicted molar refractivity (Wildman–Crippen MR) is 583 cm³/mol. The highest BCUT2D eigenvalue weighted by atomic mass is 79.9. The number of alkyl halides is 6. The van der Waals surface area contributed by atoms with E-state index in [4.69, 9.17) is 63.5 Å². The molecule has 0 bridgehead atoms. The maximum absolute atomic E-state index is 13.7. The van der Waals surface area contributed by atoms with Crippen LogP contribution < -0.4 is 79.8 Å². The Kier molecular flexibility index (Phi) is 36.6. The molecule has 14 aromatic rings. The first-order valence-corrected chi connectivity index (χ1v) is 50.6. The van der Waals surface area contributed by atoms with Gasteiger partial charge in [-0.25, -0.2) is 49.8 Å². The molecule has 0 radical (unpaired) electrons. The summed E-state index contributed by atoms with van der Waals surface area (Å²) in [5.41, 5.74) is 32.5. The Bertz CT molecular complexity index is 7210. The fraction of sp³-hybridized carbons (Fsp3) is 0.239. The van der Waals surface area contributed by atoms with Gasteiger partial charge in [-0.05, 0) is 175 Å². The number of hydrogen-bond acceptors (Lipinski definition) is 30. The number of halogens is 11. The predicted octanol–water partition coefficient (Wildman–Crippen LogP) is 18.7. The lowest BCUT2D eigenvalue weighted by Gasteiger charge is -2.35. The summed E-state index contributed by atoms with van der Waals surface area (Å²) < 4.78 is 83.4. The summed E-state index contributed by atoms with van der Waals surface area (Å²) in [5.74, 6) is 0.637. The van der Waals surface area contributed by atoms with Crippen molar-refractivity contribution < 1.29 is 50.3 Å². The average molecular weight is 2230 g/mol. The molecule has 15 N–H and O–H groups in total. The highest BCUT2D eigenvalue weighted by Gasteiger charge is 2.41. The van der Waals surface area contributed by atoms with Crippen LogP contribution >= 0.6 is 66.7 Å². The third-order valence-electron chi connectivity index (χ3n) is 25.3. The molecule has 10 aromatic heterocycles. The first kappa shape index (κ1) is 110. The summed E-state index contributed by atoms with van der Waals surface area (Å²) in [6.07, 6.45) is 2.04. The molecule has 150 heavy (non-hydrogen) atoms. The highest BCUT2D eigenvalue weighted by molar-refractivity contribution is 9.10. The monoisotopic (exact) mass is 2220 g/mol. The standard InChI is InChI=1S/C24H22F3N5O.C23H22ClN5O.C22H19BrF3N5O.C21H19BrClN5O.C19H24ClN5O/c1-2-15-12-17(23(28)30-13-15)22(33)21-18(24(25,26)27)8-9-20(31-21)32-11-10-29-19(14-32)16-6-4-3-5-7-16;1-2-15-12-17(23(25)27-13-15)22(30)21-18(24)8-9-20(28-21)29-11-10-26-19(14-29)16-6-4-3-5-7-16;23-14-10-15(21(27)29-11-14)20(32)19-16(22(24,25)26)6-7-18(30-19)31-9-8-28-17(12-31)13-4-2-1-3-5-13;22-14-10-15(21(24)26-11-14)20(29)19-16(23)6-7-18(27-19)28-9-8-25-17(12-28)13-4-2-1-3-5-13;1-12(2)10-13-11-25(9-8-22-13)16-6-5-15(20)17(24-16)18(26)14-4-3-7-23-19(14)21/h2-9,12-13,19,29H,1,10-11,14H2,(H2,28,30);2-9,12-13,19,26H,1,10-11,14H2,(H2,25,27);1-7,10-11,17,28H,8-9,12H2,(H2,27,29);1-7,10-11,17,25H,8-9,12H2,(H2,24,26);3-7,12-13,22H,8-11H2,1-2H3,(H2,21,23)/t;;;;13-/m....0/s1. The minimum atomic E-state index is -4.76. The van der Waals surface area contributed by atoms with Crippen LogP contribution in [0.1, 0.15) is 169 Å². The molecular weight excluding hydrogens is 2120 g/mol. The van der Waals surface area contributed by atoms with Crippen molar-refractivity contribution in [1.82, 2.24) is 76.4 Å². The maximum Gasteiger partial charge on any atom is 0.418 e. The molecule has 30 nitrogen and oxygen atoms in total. The van der Waals surface area contributed by atoms with Crippen LogP contribution in [0.4, 0.5) is 84.5 Å². The van der Waals surface area contributed by atoms with E-state index in [2.05, 4.69) is 174 Å². The number of nitrogen functional groups attached to an aromatic ring is 5. The number of nitrogens with zero attached hydrogens (tertiary/aromatic N) is 15. The number of benzene rings is 4. The number of nitrogens with one attached hydrogen (secondary N) is 5. The number of carbonyl (C=O) groups excluding carboxylic acids is 5. The van der Waals surface area contributed by atoms with E-state index in [9.17, 15) is 50.3 Å². The van der Waals surface area contributed by atoms with Gasteiger partial charge in [-0.15, -0.1) is 0 Å². The van der Waals surface area contributed by atoms with E-state index in [0.717, 1.165) is 94.4 Å². The van der Waals surface area contributed by atoms with Gasteiger partial charge in [-0.1, -0.05) is 195 Å². The molecule has 774 valence electrons. The Hall–Kier alpha value is -14.6. The van der Waals surface area contributed by atoms with Gasteiger partial charge in [0.2, 0.25) is 28.9 Å². The first-order valence-electron chi connectivity index (χ1n) is 47.9. The second kappa shape index (κ2) is 50.2. The zero-order valence-electron chi connectivity index (χ0n) is 81.3. The number of piperazine rings is 5. The summed E-state index contributed by atoms with van der Waals surface area (Å²) in [6, 6.07) is 65.2. The van der Waals surface area contributed by atoms with Crippen molar-refractivity contribution in [1.29, 1.82) is 0 Å². The summed E-state index contributed by atoms with van der Waals surface area (Å²) in [4.78, 5) is 117. The van der Waals surface area contributed by atoms with Crippen LogP contribution in [-0.4, -0.2) is 183 Å². The third-order valence-corrected chi connectivity index (χ3v) is 27.0. The van der Waals surface area contributed by atoms with Gasteiger partial charge in [0, 0.05) is 168 Å². The number of anilines is 10. The fourth-order valence-corrected chi connectivity index (χ4v) is 18.9. The van der Waals surface area contributed by atoms with E-state index >= 15 is 0 Å². The van der Waals surface area contributed by atoms with Gasteiger partial charge in [0.1, 0.15) is 86.6 Å². The molecule has 5 atom stereocenters. The summed E-state index contributed by atoms with van der Waals surface area (Å²) in [6.45, 7) is 22.3. The lowest BCUT2D eigenvalue weighted by atomic mass is 10.0. The van der Waals surface area contributed by atoms with Crippen LogP contribution in [0.15, 0.2) is 271 Å². The molecule has 4 unspecified atom stereocenters. The van der Waals surface area contributed by atoms with E-state index in [1.165, 1.54) is 53.9 Å². The quantitative estimate of drug-likeness (QED) is 0.0210. The number of pyridine rings is 10. The lowest BCUT2D eigenvalue weighted by Crippen LogP contribution is -2.51. The first-order chi connectivity index (χ1) is 72.1. The van der Waals surface area contributed by atoms with Crippen LogP contribution in [0.2, 0.25) is 15.1 Å². The molecule has 0 amide bonds. The summed E-state index contributed by atoms with van der Waals surface area (Å²) in [7, 11) is 0. The molecule has 15 heterocycles. The van der Waals surface area contributed by atoms with E-state index in [1.807, 2.05) is 125 Å². The zero-order valence-corrected chi connectivity index (χ0v) is 86.8. The second-order valence-electron chi connectivity index (χ2n) is 35.9. The van der Waals surface area contributed by atoms with Crippen molar-refractivity contribution >= 4 is 166 Å². The van der Waals surface area contributed by atoms with Crippen LogP contribution in [0.5, 0.6) is 0 Å². The number of hydrogen-bond donors (Lipinski definition) is 10. The zero-order chi connectivity index (χ0) is 107. The normalized spacial score (nSPS) is 16.7. The molecule has 19 rings (SSSR count). The molecule has 5 saturated heterocycles. The third kappa shape index (κ3) is 27.5. The molecule has 0 saturated carbocycles. The summed E-state index contributed by atoms with van der Waals surface area (Å²) >= 11 is 25.4. The van der Waals surface area contributed by atoms with Crippen molar-refractivity contribution in [3.05, 3.63) is 387 Å². The molecule has 5 fully saturated rings. The van der Waals surface area contributed by atoms with Crippen LogP contribution in [0.3, 0.4) is 0 Å². The Labute approximate surface area is 893 Å². The number of aromatic nitrogens is 10. The SMILES string of the molecule is C=Cc1cnc(N)c(C(=O)c2nc(N3CCNC(c4ccccc4)C3)ccc2C(F)(F)F)c1.C=Cc1cnc(N)c(C(=O)c2nc(N3CCNC(c4ccccc4)C3)ccc2Cl)c1.CC(C)C[C@H]1CN(c2ccc(Cl)c(C(=O)c3cccnc3N)n2)CCN1.Nc1ncc(Br)cc1C(=O)c1nc(N2CCNC(c3ccccc3)C2)ccc1C(F)(F)F.Nc1ncc(Br)cc1C(=O)c1nc(N2CCNC(c3ccccc3)C2)ccc1Cl. The van der Waals surface area contributed by atoms with E-state index in [1.54, 1.807) is 67.1 Å². The van der Waals surface area contributed by atoms with Gasteiger partial charge >= 0.3 is 12.4 Å². The lowest BCUT2D eigenvalue weighted by molar-refractivity contribution is -0.138. The highest BCUT2D eigenvalue weighted by Crippen LogP contribution is 2.40. The van der Waals surface area contributed by atoms with Gasteiger partial charge in [0.15, 0.2) is 0 Å². The number of carbonyl (C=O) groups is 5. The largest absolute Gasteiger partial charge is 0.418 e. The molecule has 5 aliphatic heterocycles. The molecule has 0 aliphatic carbocycles. The number of ketones is 5. The molecule has 41 heteroatoms. The molecule has 4 aromatic carbocycles. The van der Waals surface area contributed by atoms with Crippen molar-refractivity contribution in [3.63, 3.8) is 0 Å². The van der Waals surface area contributed by atoms with Crippen molar-refractivity contribution in [2.75, 3.05) is 151 Å². The van der Waals surface area contributed by atoms with Crippen LogP contribution in [-0.2, 0) is 12.4 Å². The Morgan fingerprint density at radius 3 is 0.940 bits per heavy atom. The fourth-order valence-electron chi connectivity index (χ4n) is 17.7. The summed E-state index contributed by atoms with van der Waals surface area (Å²) in [5, 5.41) is 18.3. The smallest absolute Gasteiger partial charge is 0.383 e. The Morgan fingerprint density at radius 2 is 0.633 bits per heavy atom. The van der Waals surface area contributed by atoms with E-state index in [0.29, 0.717) is 105 Å². The van der Waals surface area contributed by atoms with Gasteiger partial charge in [-0.3, -0.25) is 24.0 Å². The minimum absolute atomic E-state index is 0.0156. The van der Waals surface area contributed by atoms with Gasteiger partial charge in [0.25, 0.3) is 0 Å². The average Bonchev–Trinajstić information content (AvgIpc) is 0.779. The minimum Gasteiger partial charge on any atom is -0.383 e. The number of nitrogens with two attached hydrogens (primary N) is 5. The molecular formula is C109H106Br2Cl3F6N25O5. The van der Waals surface area contributed by atoms with Gasteiger partial charge in [-0.2, -0.15) is 26.3 Å². The van der Waals surface area contributed by atoms with Gasteiger partial charge in [0.05, 0.1) is 54.0 Å². The van der Waals surface area contributed by atoms with E-state index in [-0.39, 0.29) is 120 Å².